The van der Waals surface area contributed by atoms with E-state index < -0.39 is 0 Å². The van der Waals surface area contributed by atoms with Gasteiger partial charge in [0.1, 0.15) is 0 Å². The molecule has 0 spiro atoms. The Morgan fingerprint density at radius 3 is 2.71 bits per heavy atom. The van der Waals surface area contributed by atoms with E-state index in [1.54, 1.807) is 0 Å². The van der Waals surface area contributed by atoms with E-state index in [0.29, 0.717) is 18.1 Å². The van der Waals surface area contributed by atoms with Gasteiger partial charge in [0.25, 0.3) is 5.89 Å². The van der Waals surface area contributed by atoms with Crippen molar-refractivity contribution >= 4 is 10.9 Å². The molecule has 5 heteroatoms. The number of hydrogen-bond acceptors (Lipinski definition) is 3. The van der Waals surface area contributed by atoms with Crippen molar-refractivity contribution in [3.8, 4) is 0 Å². The second-order valence-corrected chi connectivity index (χ2v) is 5.97. The van der Waals surface area contributed by atoms with Crippen molar-refractivity contribution in [2.24, 2.45) is 0 Å². The zero-order chi connectivity index (χ0) is 16.4. The molecule has 120 valence electrons. The number of H-pyrrole nitrogens is 1. The summed E-state index contributed by atoms with van der Waals surface area (Å²) in [4.78, 5) is 7.80. The summed E-state index contributed by atoms with van der Waals surface area (Å²) in [5.74, 6) is 1.29. The molecule has 0 aliphatic carbocycles. The van der Waals surface area contributed by atoms with Gasteiger partial charge in [-0.15, -0.1) is 0 Å². The van der Waals surface area contributed by atoms with Crippen LogP contribution in [0, 0.1) is 0 Å². The van der Waals surface area contributed by atoms with Crippen LogP contribution in [0.4, 0.5) is 0 Å². The largest absolute Gasteiger partial charge is 0.361 e. The van der Waals surface area contributed by atoms with Crippen molar-refractivity contribution in [1.29, 1.82) is 0 Å². The molecular formula is C19H19N4O+. The van der Waals surface area contributed by atoms with Crippen LogP contribution >= 0.6 is 0 Å². The second kappa shape index (κ2) is 6.29. The van der Waals surface area contributed by atoms with Gasteiger partial charge in [-0.25, -0.2) is 0 Å². The summed E-state index contributed by atoms with van der Waals surface area (Å²) in [6.07, 6.45) is 3.46. The molecule has 0 saturated carbocycles. The summed E-state index contributed by atoms with van der Waals surface area (Å²) < 4.78 is 5.43. The molecule has 24 heavy (non-hydrogen) atoms. The summed E-state index contributed by atoms with van der Waals surface area (Å²) in [5, 5.41) is 5.31. The van der Waals surface area contributed by atoms with Gasteiger partial charge >= 0.3 is 0 Å². The van der Waals surface area contributed by atoms with Crippen molar-refractivity contribution in [2.75, 3.05) is 0 Å². The van der Waals surface area contributed by atoms with Gasteiger partial charge in [-0.1, -0.05) is 53.7 Å². The standard InChI is InChI=1S/C19H18N4O/c20-16(11-14-12-21-17-9-5-4-8-15(14)17)19-22-18(23-24-19)10-13-6-2-1-3-7-13/h1-9,12,16,21H,10-11,20H2/p+1/t16-/m0/s1. The first-order valence-corrected chi connectivity index (χ1v) is 8.04. The molecule has 0 unspecified atom stereocenters. The highest BCUT2D eigenvalue weighted by Crippen LogP contribution is 2.22. The molecule has 0 amide bonds. The van der Waals surface area contributed by atoms with Crippen LogP contribution in [0.3, 0.4) is 0 Å². The molecule has 0 radical (unpaired) electrons. The Kier molecular flexibility index (Phi) is 3.84. The third kappa shape index (κ3) is 2.94. The minimum Gasteiger partial charge on any atom is -0.361 e. The van der Waals surface area contributed by atoms with E-state index in [2.05, 4.69) is 45.1 Å². The topological polar surface area (TPSA) is 82.4 Å². The average Bonchev–Trinajstić information content (AvgIpc) is 3.24. The number of nitrogens with one attached hydrogen (secondary N) is 1. The van der Waals surface area contributed by atoms with Gasteiger partial charge in [-0.3, -0.25) is 0 Å². The monoisotopic (exact) mass is 319 g/mol. The van der Waals surface area contributed by atoms with E-state index in [-0.39, 0.29) is 6.04 Å². The fourth-order valence-corrected chi connectivity index (χ4v) is 2.94. The van der Waals surface area contributed by atoms with E-state index in [1.807, 2.05) is 36.5 Å². The number of para-hydroxylation sites is 1. The molecule has 2 aromatic carbocycles. The highest BCUT2D eigenvalue weighted by molar-refractivity contribution is 5.83. The van der Waals surface area contributed by atoms with E-state index >= 15 is 0 Å². The highest BCUT2D eigenvalue weighted by Gasteiger charge is 2.20. The number of fused-ring (bicyclic) bond motifs is 1. The van der Waals surface area contributed by atoms with Crippen LogP contribution < -0.4 is 5.73 Å². The van der Waals surface area contributed by atoms with Crippen LogP contribution in [0.15, 0.2) is 65.3 Å². The fraction of sp³-hybridized carbons (Fsp3) is 0.158. The Hall–Kier alpha value is -2.92. The van der Waals surface area contributed by atoms with Gasteiger partial charge in [-0.2, -0.15) is 4.98 Å². The SMILES string of the molecule is [NH3+][C@@H](Cc1c[nH]c2ccccc12)c1nc(Cc2ccccc2)no1. The Bertz CT molecular complexity index is 942. The zero-order valence-electron chi connectivity index (χ0n) is 13.3. The number of hydrogen-bond donors (Lipinski definition) is 2. The van der Waals surface area contributed by atoms with Gasteiger partial charge in [0.05, 0.1) is 0 Å². The Morgan fingerprint density at radius 2 is 1.83 bits per heavy atom. The van der Waals surface area contributed by atoms with Crippen LogP contribution in [0.25, 0.3) is 10.9 Å². The number of rotatable bonds is 5. The second-order valence-electron chi connectivity index (χ2n) is 5.97. The maximum absolute atomic E-state index is 5.43. The Morgan fingerprint density at radius 1 is 1.04 bits per heavy atom. The Balaban J connectivity index is 1.50. The quantitative estimate of drug-likeness (QED) is 0.593. The summed E-state index contributed by atoms with van der Waals surface area (Å²) in [6, 6.07) is 18.3. The van der Waals surface area contributed by atoms with Gasteiger partial charge in [0.15, 0.2) is 11.9 Å². The maximum Gasteiger partial charge on any atom is 0.285 e. The van der Waals surface area contributed by atoms with Gasteiger partial charge < -0.3 is 15.2 Å². The third-order valence-electron chi connectivity index (χ3n) is 4.18. The molecule has 0 aliphatic heterocycles. The van der Waals surface area contributed by atoms with Gasteiger partial charge in [0.2, 0.25) is 0 Å². The first-order chi connectivity index (χ1) is 11.8. The molecule has 2 heterocycles. The molecule has 4 rings (SSSR count). The summed E-state index contributed by atoms with van der Waals surface area (Å²) >= 11 is 0. The lowest BCUT2D eigenvalue weighted by Gasteiger charge is -2.02. The van der Waals surface area contributed by atoms with Crippen molar-refractivity contribution in [3.63, 3.8) is 0 Å². The minimum absolute atomic E-state index is 0.0683. The van der Waals surface area contributed by atoms with E-state index in [9.17, 15) is 0 Å². The molecular weight excluding hydrogens is 300 g/mol. The summed E-state index contributed by atoms with van der Waals surface area (Å²) in [5.41, 5.74) is 7.72. The lowest BCUT2D eigenvalue weighted by Crippen LogP contribution is -2.54. The minimum atomic E-state index is -0.0683. The van der Waals surface area contributed by atoms with Crippen LogP contribution in [0.1, 0.15) is 28.9 Å². The van der Waals surface area contributed by atoms with Gasteiger partial charge in [-0.05, 0) is 17.2 Å². The summed E-state index contributed by atoms with van der Waals surface area (Å²) in [6.45, 7) is 0. The molecule has 0 fully saturated rings. The van der Waals surface area contributed by atoms with Crippen molar-refractivity contribution in [3.05, 3.63) is 83.6 Å². The number of nitrogens with zero attached hydrogens (tertiary/aromatic N) is 2. The molecule has 4 N–H and O–H groups in total. The molecule has 0 bridgehead atoms. The molecule has 0 saturated heterocycles. The first-order valence-electron chi connectivity index (χ1n) is 8.04. The highest BCUT2D eigenvalue weighted by atomic mass is 16.5. The molecule has 2 aromatic heterocycles. The number of quaternary nitrogens is 1. The number of aromatic nitrogens is 3. The van der Waals surface area contributed by atoms with Crippen molar-refractivity contribution < 1.29 is 10.3 Å². The molecule has 4 aromatic rings. The van der Waals surface area contributed by atoms with Crippen molar-refractivity contribution in [1.82, 2.24) is 15.1 Å². The van der Waals surface area contributed by atoms with Gasteiger partial charge in [0, 0.05) is 29.9 Å². The lowest BCUT2D eigenvalue weighted by atomic mass is 10.1. The third-order valence-corrected chi connectivity index (χ3v) is 4.18. The van der Waals surface area contributed by atoms with Crippen molar-refractivity contribution in [2.45, 2.75) is 18.9 Å². The summed E-state index contributed by atoms with van der Waals surface area (Å²) in [7, 11) is 0. The van der Waals surface area contributed by atoms with Crippen LogP contribution in [-0.2, 0) is 12.8 Å². The normalized spacial score (nSPS) is 12.5. The smallest absolute Gasteiger partial charge is 0.285 e. The number of aromatic amines is 1. The first kappa shape index (κ1) is 14.7. The van der Waals surface area contributed by atoms with E-state index in [4.69, 9.17) is 4.52 Å². The van der Waals surface area contributed by atoms with Crippen LogP contribution in [0.5, 0.6) is 0 Å². The van der Waals surface area contributed by atoms with E-state index in [1.165, 1.54) is 16.5 Å². The fourth-order valence-electron chi connectivity index (χ4n) is 2.94. The molecule has 5 nitrogen and oxygen atoms in total. The lowest BCUT2D eigenvalue weighted by molar-refractivity contribution is -0.431. The Labute approximate surface area is 139 Å². The number of benzene rings is 2. The average molecular weight is 319 g/mol. The predicted octanol–water partition coefficient (Wildman–Crippen LogP) is 2.67. The van der Waals surface area contributed by atoms with Crippen LogP contribution in [0.2, 0.25) is 0 Å². The predicted molar refractivity (Wildman–Crippen MR) is 91.2 cm³/mol. The molecule has 1 atom stereocenters. The van der Waals surface area contributed by atoms with E-state index in [0.717, 1.165) is 11.9 Å². The maximum atomic E-state index is 5.43. The van der Waals surface area contributed by atoms with Crippen LogP contribution in [-0.4, -0.2) is 15.1 Å². The molecule has 0 aliphatic rings. The zero-order valence-corrected chi connectivity index (χ0v) is 13.3.